The average molecular weight is 277 g/mol. The van der Waals surface area contributed by atoms with Gasteiger partial charge in [-0.15, -0.1) is 0 Å². The van der Waals surface area contributed by atoms with Crippen molar-refractivity contribution in [3.8, 4) is 0 Å². The third-order valence-corrected chi connectivity index (χ3v) is 3.89. The Labute approximate surface area is 122 Å². The molecule has 1 aliphatic rings. The van der Waals surface area contributed by atoms with Crippen LogP contribution < -0.4 is 10.6 Å². The molecule has 20 heavy (non-hydrogen) atoms. The van der Waals surface area contributed by atoms with Crippen molar-refractivity contribution < 1.29 is 4.74 Å². The normalized spacial score (nSPS) is 16.9. The molecule has 0 saturated carbocycles. The number of pyridine rings is 1. The van der Waals surface area contributed by atoms with Crippen molar-refractivity contribution in [2.75, 3.05) is 24.6 Å². The van der Waals surface area contributed by atoms with E-state index in [0.29, 0.717) is 18.6 Å². The van der Waals surface area contributed by atoms with Crippen LogP contribution in [0.25, 0.3) is 0 Å². The first-order valence-corrected chi connectivity index (χ1v) is 7.71. The van der Waals surface area contributed by atoms with Crippen molar-refractivity contribution in [3.05, 3.63) is 23.4 Å². The third kappa shape index (κ3) is 3.70. The first-order valence-electron chi connectivity index (χ1n) is 7.71. The average Bonchev–Trinajstić information content (AvgIpc) is 2.47. The minimum absolute atomic E-state index is 0.415. The van der Waals surface area contributed by atoms with E-state index in [-0.39, 0.29) is 0 Å². The molecule has 1 aromatic rings. The van der Waals surface area contributed by atoms with Crippen molar-refractivity contribution in [1.29, 1.82) is 0 Å². The summed E-state index contributed by atoms with van der Waals surface area (Å²) in [7, 11) is 0. The molecular weight excluding hydrogens is 250 g/mol. The Bertz CT molecular complexity index is 426. The summed E-state index contributed by atoms with van der Waals surface area (Å²) in [5, 5.41) is 0. The highest BCUT2D eigenvalue weighted by atomic mass is 16.5. The molecule has 0 aromatic carbocycles. The van der Waals surface area contributed by atoms with Crippen LogP contribution in [0.1, 0.15) is 50.8 Å². The summed E-state index contributed by atoms with van der Waals surface area (Å²) in [6, 6.07) is 4.26. The van der Waals surface area contributed by atoms with Crippen LogP contribution in [0, 0.1) is 0 Å². The van der Waals surface area contributed by atoms with Crippen molar-refractivity contribution in [2.24, 2.45) is 5.73 Å². The zero-order chi connectivity index (χ0) is 14.5. The van der Waals surface area contributed by atoms with Gasteiger partial charge in [0.1, 0.15) is 5.82 Å². The first-order chi connectivity index (χ1) is 9.63. The topological polar surface area (TPSA) is 51.4 Å². The molecule has 0 spiro atoms. The van der Waals surface area contributed by atoms with Crippen LogP contribution in [-0.2, 0) is 11.3 Å². The van der Waals surface area contributed by atoms with Gasteiger partial charge < -0.3 is 15.4 Å². The Morgan fingerprint density at radius 1 is 1.35 bits per heavy atom. The lowest BCUT2D eigenvalue weighted by molar-refractivity contribution is 0.0458. The van der Waals surface area contributed by atoms with Gasteiger partial charge in [0.05, 0.1) is 6.10 Å². The maximum atomic E-state index is 5.81. The quantitative estimate of drug-likeness (QED) is 0.899. The molecule has 112 valence electrons. The van der Waals surface area contributed by atoms with E-state index in [0.717, 1.165) is 44.0 Å². The van der Waals surface area contributed by atoms with Crippen LogP contribution in [0.3, 0.4) is 0 Å². The summed E-state index contributed by atoms with van der Waals surface area (Å²) in [6.45, 7) is 9.83. The van der Waals surface area contributed by atoms with Gasteiger partial charge in [0.25, 0.3) is 0 Å². The molecule has 0 atom stereocenters. The number of nitrogens with two attached hydrogens (primary N) is 1. The van der Waals surface area contributed by atoms with Crippen LogP contribution in [0.15, 0.2) is 12.1 Å². The zero-order valence-electron chi connectivity index (χ0n) is 12.9. The molecule has 1 aromatic heterocycles. The van der Waals surface area contributed by atoms with Crippen LogP contribution in [0.4, 0.5) is 5.82 Å². The highest BCUT2D eigenvalue weighted by Gasteiger charge is 2.21. The molecule has 2 rings (SSSR count). The Hall–Kier alpha value is -1.13. The van der Waals surface area contributed by atoms with E-state index < -0.39 is 0 Å². The second kappa shape index (κ2) is 7.04. The first kappa shape index (κ1) is 15.3. The SMILES string of the molecule is CCOC1CCN(c2cc(CN)cc(C(C)C)n2)CC1. The van der Waals surface area contributed by atoms with E-state index in [2.05, 4.69) is 37.8 Å². The largest absolute Gasteiger partial charge is 0.378 e. The van der Waals surface area contributed by atoms with Gasteiger partial charge >= 0.3 is 0 Å². The van der Waals surface area contributed by atoms with Gasteiger partial charge in [-0.2, -0.15) is 0 Å². The number of anilines is 1. The number of nitrogens with zero attached hydrogens (tertiary/aromatic N) is 2. The Balaban J connectivity index is 2.10. The fraction of sp³-hybridized carbons (Fsp3) is 0.688. The van der Waals surface area contributed by atoms with Crippen molar-refractivity contribution in [1.82, 2.24) is 4.98 Å². The van der Waals surface area contributed by atoms with E-state index in [1.165, 1.54) is 5.56 Å². The molecule has 0 unspecified atom stereocenters. The standard InChI is InChI=1S/C16H27N3O/c1-4-20-14-5-7-19(8-6-14)16-10-13(11-17)9-15(18-16)12(2)3/h9-10,12,14H,4-8,11,17H2,1-3H3. The van der Waals surface area contributed by atoms with Crippen LogP contribution in [0.2, 0.25) is 0 Å². The van der Waals surface area contributed by atoms with Gasteiger partial charge in [-0.05, 0) is 43.4 Å². The molecule has 1 saturated heterocycles. The van der Waals surface area contributed by atoms with Gasteiger partial charge in [0, 0.05) is 31.9 Å². The minimum atomic E-state index is 0.415. The molecule has 4 heteroatoms. The molecule has 4 nitrogen and oxygen atoms in total. The second-order valence-electron chi connectivity index (χ2n) is 5.76. The lowest BCUT2D eigenvalue weighted by Crippen LogP contribution is -2.37. The van der Waals surface area contributed by atoms with Gasteiger partial charge in [-0.25, -0.2) is 4.98 Å². The van der Waals surface area contributed by atoms with Crippen LogP contribution >= 0.6 is 0 Å². The molecule has 0 aliphatic carbocycles. The number of aromatic nitrogens is 1. The summed E-state index contributed by atoms with van der Waals surface area (Å²) in [6.07, 6.45) is 2.58. The number of hydrogen-bond donors (Lipinski definition) is 1. The summed E-state index contributed by atoms with van der Waals surface area (Å²) < 4.78 is 5.71. The molecule has 1 fully saturated rings. The monoisotopic (exact) mass is 277 g/mol. The Kier molecular flexibility index (Phi) is 5.38. The fourth-order valence-electron chi connectivity index (χ4n) is 2.66. The molecule has 0 radical (unpaired) electrons. The lowest BCUT2D eigenvalue weighted by atomic mass is 10.1. The van der Waals surface area contributed by atoms with Gasteiger partial charge in [-0.1, -0.05) is 13.8 Å². The van der Waals surface area contributed by atoms with Crippen molar-refractivity contribution >= 4 is 5.82 Å². The number of hydrogen-bond acceptors (Lipinski definition) is 4. The Morgan fingerprint density at radius 2 is 2.05 bits per heavy atom. The van der Waals surface area contributed by atoms with E-state index in [1.54, 1.807) is 0 Å². The lowest BCUT2D eigenvalue weighted by Gasteiger charge is -2.33. The predicted octanol–water partition coefficient (Wildman–Crippen LogP) is 2.67. The molecule has 2 N–H and O–H groups in total. The van der Waals surface area contributed by atoms with E-state index in [1.807, 2.05) is 0 Å². The number of ether oxygens (including phenoxy) is 1. The molecule has 2 heterocycles. The summed E-state index contributed by atoms with van der Waals surface area (Å²) >= 11 is 0. The number of rotatable bonds is 5. The fourth-order valence-corrected chi connectivity index (χ4v) is 2.66. The third-order valence-electron chi connectivity index (χ3n) is 3.89. The van der Waals surface area contributed by atoms with E-state index >= 15 is 0 Å². The second-order valence-corrected chi connectivity index (χ2v) is 5.76. The van der Waals surface area contributed by atoms with E-state index in [9.17, 15) is 0 Å². The zero-order valence-corrected chi connectivity index (χ0v) is 12.9. The molecule has 1 aliphatic heterocycles. The summed E-state index contributed by atoms with van der Waals surface area (Å²) in [5.41, 5.74) is 8.12. The van der Waals surface area contributed by atoms with Gasteiger partial charge in [0.15, 0.2) is 0 Å². The predicted molar refractivity (Wildman–Crippen MR) is 83.1 cm³/mol. The summed E-state index contributed by atoms with van der Waals surface area (Å²) in [4.78, 5) is 7.17. The van der Waals surface area contributed by atoms with Crippen molar-refractivity contribution in [3.63, 3.8) is 0 Å². The molecule has 0 bridgehead atoms. The number of piperidine rings is 1. The minimum Gasteiger partial charge on any atom is -0.378 e. The van der Waals surface area contributed by atoms with Crippen LogP contribution in [0.5, 0.6) is 0 Å². The summed E-state index contributed by atoms with van der Waals surface area (Å²) in [5.74, 6) is 1.51. The van der Waals surface area contributed by atoms with Crippen molar-refractivity contribution in [2.45, 2.75) is 52.2 Å². The molecule has 0 amide bonds. The molecular formula is C16H27N3O. The Morgan fingerprint density at radius 3 is 2.60 bits per heavy atom. The maximum Gasteiger partial charge on any atom is 0.129 e. The maximum absolute atomic E-state index is 5.81. The smallest absolute Gasteiger partial charge is 0.129 e. The highest BCUT2D eigenvalue weighted by Crippen LogP contribution is 2.23. The van der Waals surface area contributed by atoms with Gasteiger partial charge in [-0.3, -0.25) is 0 Å². The highest BCUT2D eigenvalue weighted by molar-refractivity contribution is 5.43. The van der Waals surface area contributed by atoms with Crippen LogP contribution in [-0.4, -0.2) is 30.8 Å². The van der Waals surface area contributed by atoms with Gasteiger partial charge in [0.2, 0.25) is 0 Å². The van der Waals surface area contributed by atoms with E-state index in [4.69, 9.17) is 15.5 Å².